The molecule has 4 nitrogen and oxygen atoms in total. The van der Waals surface area contributed by atoms with Gasteiger partial charge in [-0.3, -0.25) is 9.79 Å². The van der Waals surface area contributed by atoms with Crippen LogP contribution in [0.25, 0.3) is 0 Å². The van der Waals surface area contributed by atoms with Gasteiger partial charge in [-0.05, 0) is 31.2 Å². The molecule has 1 amide bonds. The van der Waals surface area contributed by atoms with E-state index in [4.69, 9.17) is 4.74 Å². The molecule has 1 aliphatic rings. The third kappa shape index (κ3) is 2.73. The fourth-order valence-corrected chi connectivity index (χ4v) is 2.54. The Morgan fingerprint density at radius 3 is 2.36 bits per heavy atom. The van der Waals surface area contributed by atoms with Gasteiger partial charge in [0.15, 0.2) is 23.2 Å². The molecule has 0 aromatic heterocycles. The smallest absolute Gasteiger partial charge is 0.248 e. The van der Waals surface area contributed by atoms with Crippen LogP contribution in [0.2, 0.25) is 0 Å². The SMILES string of the molecule is COc1ccc(F)c(C2=NC(C)C(=O)Nc3ccc(F)c(F)c32)c1F. The summed E-state index contributed by atoms with van der Waals surface area (Å²) in [4.78, 5) is 15.9. The van der Waals surface area contributed by atoms with Gasteiger partial charge < -0.3 is 10.1 Å². The van der Waals surface area contributed by atoms with Crippen molar-refractivity contribution in [3.63, 3.8) is 0 Å². The average Bonchev–Trinajstić information content (AvgIpc) is 2.69. The summed E-state index contributed by atoms with van der Waals surface area (Å²) in [7, 11) is 1.18. The second-order valence-electron chi connectivity index (χ2n) is 5.37. The molecule has 1 N–H and O–H groups in total. The zero-order valence-electron chi connectivity index (χ0n) is 13.2. The van der Waals surface area contributed by atoms with Crippen molar-refractivity contribution in [3.8, 4) is 5.75 Å². The van der Waals surface area contributed by atoms with E-state index in [1.807, 2.05) is 0 Å². The van der Waals surface area contributed by atoms with E-state index in [1.54, 1.807) is 0 Å². The number of carbonyl (C=O) groups is 1. The van der Waals surface area contributed by atoms with Gasteiger partial charge in [0.05, 0.1) is 29.6 Å². The minimum absolute atomic E-state index is 0.131. The lowest BCUT2D eigenvalue weighted by atomic mass is 9.98. The third-order valence-electron chi connectivity index (χ3n) is 3.80. The van der Waals surface area contributed by atoms with Crippen LogP contribution in [0, 0.1) is 23.3 Å². The van der Waals surface area contributed by atoms with Crippen molar-refractivity contribution in [2.75, 3.05) is 12.4 Å². The maximum atomic E-state index is 14.6. The van der Waals surface area contributed by atoms with Gasteiger partial charge in [-0.15, -0.1) is 0 Å². The largest absolute Gasteiger partial charge is 0.494 e. The highest BCUT2D eigenvalue weighted by atomic mass is 19.2. The van der Waals surface area contributed by atoms with Crippen LogP contribution < -0.4 is 10.1 Å². The number of hydrogen-bond acceptors (Lipinski definition) is 3. The summed E-state index contributed by atoms with van der Waals surface area (Å²) in [6.45, 7) is 1.37. The standard InChI is InChI=1S/C17H12F4N2O2/c1-7-17(24)23-10-5-3-9(19)14(20)13(10)16(22-7)12-8(18)4-6-11(25-2)15(12)21/h3-7H,1-2H3,(H,23,24). The molecular formula is C17H12F4N2O2. The molecule has 0 saturated carbocycles. The van der Waals surface area contributed by atoms with Gasteiger partial charge in [0.1, 0.15) is 11.9 Å². The van der Waals surface area contributed by atoms with Gasteiger partial charge in [-0.1, -0.05) is 0 Å². The predicted octanol–water partition coefficient (Wildman–Crippen LogP) is 3.43. The maximum absolute atomic E-state index is 14.6. The fourth-order valence-electron chi connectivity index (χ4n) is 2.54. The van der Waals surface area contributed by atoms with Gasteiger partial charge in [0, 0.05) is 0 Å². The molecule has 130 valence electrons. The number of anilines is 1. The van der Waals surface area contributed by atoms with E-state index in [0.29, 0.717) is 0 Å². The number of fused-ring (bicyclic) bond motifs is 1. The quantitative estimate of drug-likeness (QED) is 0.842. The molecule has 0 radical (unpaired) electrons. The Morgan fingerprint density at radius 1 is 1.00 bits per heavy atom. The van der Waals surface area contributed by atoms with Crippen molar-refractivity contribution in [2.45, 2.75) is 13.0 Å². The first-order valence-corrected chi connectivity index (χ1v) is 7.24. The second-order valence-corrected chi connectivity index (χ2v) is 5.37. The Balaban J connectivity index is 2.38. The number of rotatable bonds is 2. The number of benzene rings is 2. The molecule has 1 heterocycles. The van der Waals surface area contributed by atoms with Crippen molar-refractivity contribution in [1.29, 1.82) is 0 Å². The van der Waals surface area contributed by atoms with Crippen LogP contribution >= 0.6 is 0 Å². The Labute approximate surface area is 140 Å². The first kappa shape index (κ1) is 16.9. The first-order valence-electron chi connectivity index (χ1n) is 7.24. The Kier molecular flexibility index (Phi) is 4.20. The number of aliphatic imine (C=N–C) groups is 1. The molecule has 0 fully saturated rings. The molecule has 0 saturated heterocycles. The molecule has 2 aromatic carbocycles. The monoisotopic (exact) mass is 352 g/mol. The van der Waals surface area contributed by atoms with Gasteiger partial charge in [0.25, 0.3) is 0 Å². The number of nitrogens with zero attached hydrogens (tertiary/aromatic N) is 1. The summed E-state index contributed by atoms with van der Waals surface area (Å²) in [5, 5.41) is 2.37. The highest BCUT2D eigenvalue weighted by molar-refractivity contribution is 6.20. The van der Waals surface area contributed by atoms with Crippen LogP contribution in [-0.2, 0) is 4.79 Å². The summed E-state index contributed by atoms with van der Waals surface area (Å²) in [5.41, 5.74) is -1.86. The number of nitrogens with one attached hydrogen (secondary N) is 1. The molecular weight excluding hydrogens is 340 g/mol. The first-order chi connectivity index (χ1) is 11.8. The number of benzodiazepines with no additional fused rings is 1. The molecule has 0 bridgehead atoms. The zero-order chi connectivity index (χ0) is 18.3. The molecule has 8 heteroatoms. The number of halogens is 4. The average molecular weight is 352 g/mol. The van der Waals surface area contributed by atoms with Crippen LogP contribution in [0.5, 0.6) is 5.75 Å². The summed E-state index contributed by atoms with van der Waals surface area (Å²) < 4.78 is 61.9. The minimum Gasteiger partial charge on any atom is -0.494 e. The van der Waals surface area contributed by atoms with E-state index < -0.39 is 52.1 Å². The fraction of sp³-hybridized carbons (Fsp3) is 0.176. The van der Waals surface area contributed by atoms with Crippen LogP contribution in [0.3, 0.4) is 0 Å². The topological polar surface area (TPSA) is 50.7 Å². The van der Waals surface area contributed by atoms with Crippen LogP contribution in [0.1, 0.15) is 18.1 Å². The zero-order valence-corrected chi connectivity index (χ0v) is 13.2. The van der Waals surface area contributed by atoms with Gasteiger partial charge in [-0.25, -0.2) is 17.6 Å². The Hall–Kier alpha value is -2.90. The molecule has 0 spiro atoms. The molecule has 1 atom stereocenters. The normalized spacial score (nSPS) is 16.6. The van der Waals surface area contributed by atoms with Crippen molar-refractivity contribution >= 4 is 17.3 Å². The number of ether oxygens (including phenoxy) is 1. The molecule has 1 unspecified atom stereocenters. The van der Waals surface area contributed by atoms with E-state index in [-0.39, 0.29) is 11.4 Å². The van der Waals surface area contributed by atoms with Crippen LogP contribution in [0.15, 0.2) is 29.3 Å². The van der Waals surface area contributed by atoms with Crippen molar-refractivity contribution in [1.82, 2.24) is 0 Å². The minimum atomic E-state index is -1.37. The van der Waals surface area contributed by atoms with Crippen molar-refractivity contribution in [2.24, 2.45) is 4.99 Å². The number of methoxy groups -OCH3 is 1. The summed E-state index contributed by atoms with van der Waals surface area (Å²) in [6.07, 6.45) is 0. The molecule has 3 rings (SSSR count). The molecule has 0 aliphatic carbocycles. The maximum Gasteiger partial charge on any atom is 0.248 e. The Morgan fingerprint density at radius 2 is 1.68 bits per heavy atom. The lowest BCUT2D eigenvalue weighted by Crippen LogP contribution is -2.22. The highest BCUT2D eigenvalue weighted by Crippen LogP contribution is 2.32. The number of amides is 1. The lowest BCUT2D eigenvalue weighted by Gasteiger charge is -2.14. The highest BCUT2D eigenvalue weighted by Gasteiger charge is 2.31. The Bertz CT molecular complexity index is 912. The van der Waals surface area contributed by atoms with Crippen molar-refractivity contribution < 1.29 is 27.1 Å². The lowest BCUT2D eigenvalue weighted by molar-refractivity contribution is -0.116. The van der Waals surface area contributed by atoms with E-state index in [9.17, 15) is 22.4 Å². The van der Waals surface area contributed by atoms with E-state index >= 15 is 0 Å². The molecule has 2 aromatic rings. The second kappa shape index (κ2) is 6.19. The van der Waals surface area contributed by atoms with E-state index in [1.165, 1.54) is 14.0 Å². The van der Waals surface area contributed by atoms with Gasteiger partial charge in [-0.2, -0.15) is 0 Å². The van der Waals surface area contributed by atoms with Crippen LogP contribution in [0.4, 0.5) is 23.2 Å². The predicted molar refractivity (Wildman–Crippen MR) is 83.0 cm³/mol. The van der Waals surface area contributed by atoms with Gasteiger partial charge in [0.2, 0.25) is 5.91 Å². The van der Waals surface area contributed by atoms with Crippen molar-refractivity contribution in [3.05, 3.63) is 58.7 Å². The number of hydrogen-bond donors (Lipinski definition) is 1. The van der Waals surface area contributed by atoms with E-state index in [0.717, 1.165) is 24.3 Å². The van der Waals surface area contributed by atoms with Crippen LogP contribution in [-0.4, -0.2) is 24.8 Å². The third-order valence-corrected chi connectivity index (χ3v) is 3.80. The summed E-state index contributed by atoms with van der Waals surface area (Å²) in [6, 6.07) is 2.81. The number of carbonyl (C=O) groups excluding carboxylic acids is 1. The summed E-state index contributed by atoms with van der Waals surface area (Å²) in [5.74, 6) is -5.70. The summed E-state index contributed by atoms with van der Waals surface area (Å²) >= 11 is 0. The van der Waals surface area contributed by atoms with Gasteiger partial charge >= 0.3 is 0 Å². The molecule has 1 aliphatic heterocycles. The molecule has 25 heavy (non-hydrogen) atoms. The van der Waals surface area contributed by atoms with E-state index in [2.05, 4.69) is 10.3 Å².